The number of hydrogen-bond donors (Lipinski definition) is 2. The van der Waals surface area contributed by atoms with Crippen LogP contribution in [-0.4, -0.2) is 72.2 Å². The first-order valence-corrected chi connectivity index (χ1v) is 10.3. The molecule has 0 aliphatic carbocycles. The molecule has 0 fully saturated rings. The monoisotopic (exact) mass is 529 g/mol. The van der Waals surface area contributed by atoms with Gasteiger partial charge < -0.3 is 19.5 Å². The largest absolute Gasteiger partial charge is 0.490 e. The molecule has 3 heterocycles. The highest BCUT2D eigenvalue weighted by molar-refractivity contribution is 5.73. The molecule has 2 N–H and O–H groups in total. The van der Waals surface area contributed by atoms with Crippen LogP contribution >= 0.6 is 0 Å². The molecule has 10 nitrogen and oxygen atoms in total. The van der Waals surface area contributed by atoms with Crippen molar-refractivity contribution in [3.05, 3.63) is 41.7 Å². The summed E-state index contributed by atoms with van der Waals surface area (Å²) in [6.07, 6.45) is -6.58. The number of nitrogens with zero attached hydrogens (tertiary/aromatic N) is 5. The maximum atomic E-state index is 10.6. The van der Waals surface area contributed by atoms with E-state index in [9.17, 15) is 26.3 Å². The fourth-order valence-electron chi connectivity index (χ4n) is 2.79. The Labute approximate surface area is 201 Å². The average Bonchev–Trinajstić information content (AvgIpc) is 3.16. The number of rotatable bonds is 6. The summed E-state index contributed by atoms with van der Waals surface area (Å²) in [5, 5.41) is 22.9. The summed E-state index contributed by atoms with van der Waals surface area (Å²) in [5.74, 6) is -2.87. The van der Waals surface area contributed by atoms with Crippen LogP contribution < -0.4 is 0 Å². The first-order valence-electron chi connectivity index (χ1n) is 10.3. The highest BCUT2D eigenvalue weighted by Gasteiger charge is 2.38. The van der Waals surface area contributed by atoms with Crippen LogP contribution in [0, 0.1) is 5.92 Å². The minimum atomic E-state index is -5.08. The zero-order valence-electron chi connectivity index (χ0n) is 19.3. The minimum Gasteiger partial charge on any atom is -0.475 e. The second kappa shape index (κ2) is 13.7. The average molecular weight is 529 g/mol. The summed E-state index contributed by atoms with van der Waals surface area (Å²) in [5.41, 5.74) is 1.07. The summed E-state index contributed by atoms with van der Waals surface area (Å²) in [6.45, 7) is 9.53. The first-order chi connectivity index (χ1) is 16.6. The van der Waals surface area contributed by atoms with Gasteiger partial charge in [-0.2, -0.15) is 26.3 Å². The minimum absolute atomic E-state index is 0.492. The van der Waals surface area contributed by atoms with E-state index in [0.717, 1.165) is 43.4 Å². The van der Waals surface area contributed by atoms with Gasteiger partial charge in [0, 0.05) is 32.0 Å². The van der Waals surface area contributed by atoms with Crippen molar-refractivity contribution in [3.63, 3.8) is 0 Å². The van der Waals surface area contributed by atoms with Gasteiger partial charge in [-0.1, -0.05) is 19.9 Å². The number of carboxylic acid groups (broad SMARTS) is 2. The normalized spacial score (nSPS) is 13.7. The van der Waals surface area contributed by atoms with Crippen LogP contribution in [0.1, 0.15) is 31.1 Å². The Bertz CT molecular complexity index is 942. The van der Waals surface area contributed by atoms with E-state index in [4.69, 9.17) is 24.5 Å². The third-order valence-corrected chi connectivity index (χ3v) is 4.24. The van der Waals surface area contributed by atoms with E-state index in [1.807, 2.05) is 18.3 Å². The Kier molecular flexibility index (Phi) is 11.7. The summed E-state index contributed by atoms with van der Waals surface area (Å²) in [4.78, 5) is 24.3. The van der Waals surface area contributed by atoms with Crippen molar-refractivity contribution in [1.82, 2.24) is 24.6 Å². The number of halogens is 6. The van der Waals surface area contributed by atoms with E-state index in [2.05, 4.69) is 38.5 Å². The Morgan fingerprint density at radius 3 is 2.08 bits per heavy atom. The third-order valence-electron chi connectivity index (χ3n) is 4.24. The van der Waals surface area contributed by atoms with Crippen molar-refractivity contribution in [2.45, 2.75) is 52.5 Å². The first kappa shape index (κ1) is 30.8. The predicted molar refractivity (Wildman–Crippen MR) is 110 cm³/mol. The molecule has 0 amide bonds. The molecular weight excluding hydrogens is 504 g/mol. The van der Waals surface area contributed by atoms with Gasteiger partial charge in [-0.15, -0.1) is 10.2 Å². The molecule has 202 valence electrons. The summed E-state index contributed by atoms with van der Waals surface area (Å²) in [6, 6.07) is 3.93. The molecule has 0 aromatic carbocycles. The third kappa shape index (κ3) is 11.4. The topological polar surface area (TPSA) is 131 Å². The number of hydrogen-bond acceptors (Lipinski definition) is 7. The molecule has 0 saturated carbocycles. The predicted octanol–water partition coefficient (Wildman–Crippen LogP) is 3.13. The lowest BCUT2D eigenvalue weighted by molar-refractivity contribution is -0.193. The lowest BCUT2D eigenvalue weighted by Crippen LogP contribution is -2.36. The van der Waals surface area contributed by atoms with Crippen molar-refractivity contribution in [2.24, 2.45) is 5.92 Å². The van der Waals surface area contributed by atoms with Gasteiger partial charge in [0.1, 0.15) is 12.4 Å². The molecule has 1 aliphatic rings. The standard InChI is InChI=1S/C16H23N5O.2C2HF3O2/c1-13(2)9-20-6-7-21-15(10-20)18-19-16(21)12-22-11-14-4-3-5-17-8-14;2*3-2(4,5)1(6)7/h3-5,8,13H,6-7,9-12H2,1-2H3;2*(H,6,7). The van der Waals surface area contributed by atoms with Crippen molar-refractivity contribution in [1.29, 1.82) is 0 Å². The van der Waals surface area contributed by atoms with E-state index in [-0.39, 0.29) is 0 Å². The number of ether oxygens (including phenoxy) is 1. The molecule has 0 saturated heterocycles. The van der Waals surface area contributed by atoms with E-state index < -0.39 is 24.3 Å². The number of pyridine rings is 1. The van der Waals surface area contributed by atoms with Gasteiger partial charge in [-0.3, -0.25) is 9.88 Å². The van der Waals surface area contributed by atoms with Crippen LogP contribution in [0.2, 0.25) is 0 Å². The fraction of sp³-hybridized carbons (Fsp3) is 0.550. The van der Waals surface area contributed by atoms with Crippen molar-refractivity contribution in [2.75, 3.05) is 13.1 Å². The Morgan fingerprint density at radius 1 is 1.03 bits per heavy atom. The number of alkyl halides is 6. The van der Waals surface area contributed by atoms with Crippen LogP contribution in [0.15, 0.2) is 24.5 Å². The molecule has 0 unspecified atom stereocenters. The Morgan fingerprint density at radius 2 is 1.61 bits per heavy atom. The second-order valence-corrected chi connectivity index (χ2v) is 7.77. The SMILES string of the molecule is CC(C)CN1CCn2c(COCc3cccnc3)nnc2C1.O=C(O)C(F)(F)F.O=C(O)C(F)(F)F. The molecule has 2 aromatic heterocycles. The van der Waals surface area contributed by atoms with Gasteiger partial charge in [0.05, 0.1) is 13.2 Å². The summed E-state index contributed by atoms with van der Waals surface area (Å²) in [7, 11) is 0. The van der Waals surface area contributed by atoms with E-state index >= 15 is 0 Å². The fourth-order valence-corrected chi connectivity index (χ4v) is 2.79. The molecule has 0 spiro atoms. The smallest absolute Gasteiger partial charge is 0.475 e. The van der Waals surface area contributed by atoms with Gasteiger partial charge in [-0.25, -0.2) is 9.59 Å². The maximum absolute atomic E-state index is 10.6. The van der Waals surface area contributed by atoms with Gasteiger partial charge in [0.15, 0.2) is 5.82 Å². The molecule has 0 bridgehead atoms. The van der Waals surface area contributed by atoms with Crippen molar-refractivity contribution in [3.8, 4) is 0 Å². The molecule has 16 heteroatoms. The molecule has 3 rings (SSSR count). The van der Waals surface area contributed by atoms with Gasteiger partial charge in [0.2, 0.25) is 0 Å². The lowest BCUT2D eigenvalue weighted by atomic mass is 10.2. The molecular formula is C20H25F6N5O5. The number of carboxylic acids is 2. The highest BCUT2D eigenvalue weighted by atomic mass is 19.4. The van der Waals surface area contributed by atoms with Crippen molar-refractivity contribution >= 4 is 11.9 Å². The molecule has 0 radical (unpaired) electrons. The quantitative estimate of drug-likeness (QED) is 0.542. The number of fused-ring (bicyclic) bond motifs is 1. The van der Waals surface area contributed by atoms with E-state index in [0.29, 0.717) is 19.1 Å². The zero-order chi connectivity index (χ0) is 27.5. The van der Waals surface area contributed by atoms with Gasteiger partial charge in [0.25, 0.3) is 0 Å². The van der Waals surface area contributed by atoms with Crippen LogP contribution in [0.25, 0.3) is 0 Å². The molecule has 0 atom stereocenters. The molecule has 2 aromatic rings. The summed E-state index contributed by atoms with van der Waals surface area (Å²) >= 11 is 0. The van der Waals surface area contributed by atoms with Gasteiger partial charge >= 0.3 is 24.3 Å². The number of aliphatic carboxylic acids is 2. The van der Waals surface area contributed by atoms with Crippen LogP contribution in [0.4, 0.5) is 26.3 Å². The lowest BCUT2D eigenvalue weighted by Gasteiger charge is -2.28. The van der Waals surface area contributed by atoms with Crippen LogP contribution in [0.3, 0.4) is 0 Å². The van der Waals surface area contributed by atoms with E-state index in [1.54, 1.807) is 6.20 Å². The maximum Gasteiger partial charge on any atom is 0.490 e. The highest BCUT2D eigenvalue weighted by Crippen LogP contribution is 2.15. The number of carbonyl (C=O) groups is 2. The van der Waals surface area contributed by atoms with Crippen LogP contribution in [0.5, 0.6) is 0 Å². The Balaban J connectivity index is 0.000000383. The van der Waals surface area contributed by atoms with Gasteiger partial charge in [-0.05, 0) is 17.5 Å². The van der Waals surface area contributed by atoms with E-state index in [1.165, 1.54) is 0 Å². The zero-order valence-corrected chi connectivity index (χ0v) is 19.3. The molecule has 1 aliphatic heterocycles. The molecule has 36 heavy (non-hydrogen) atoms. The Hall–Kier alpha value is -3.27. The van der Waals surface area contributed by atoms with Crippen LogP contribution in [-0.2, 0) is 40.6 Å². The van der Waals surface area contributed by atoms with Crippen molar-refractivity contribution < 1.29 is 50.9 Å². The number of aromatic nitrogens is 4. The summed E-state index contributed by atoms with van der Waals surface area (Å²) < 4.78 is 71.4. The second-order valence-electron chi connectivity index (χ2n) is 7.77.